The van der Waals surface area contributed by atoms with Crippen molar-refractivity contribution in [2.45, 2.75) is 49.9 Å². The molecular formula is C24H35N5O7S. The van der Waals surface area contributed by atoms with Crippen LogP contribution in [0, 0.1) is 0 Å². The van der Waals surface area contributed by atoms with Crippen LogP contribution in [0.15, 0.2) is 30.3 Å². The number of carbonyl (C=O) groups excluding carboxylic acids is 4. The van der Waals surface area contributed by atoms with Crippen molar-refractivity contribution >= 4 is 41.4 Å². The van der Waals surface area contributed by atoms with Gasteiger partial charge in [0.05, 0.1) is 13.2 Å². The fourth-order valence-electron chi connectivity index (χ4n) is 3.94. The summed E-state index contributed by atoms with van der Waals surface area (Å²) < 4.78 is 0. The zero-order chi connectivity index (χ0) is 27.4. The lowest BCUT2D eigenvalue weighted by atomic mass is 10.0. The maximum absolute atomic E-state index is 13.4. The lowest BCUT2D eigenvalue weighted by Gasteiger charge is -2.29. The summed E-state index contributed by atoms with van der Waals surface area (Å²) in [6.45, 7) is -0.752. The number of nitrogens with two attached hydrogens (primary N) is 1. The predicted molar refractivity (Wildman–Crippen MR) is 137 cm³/mol. The van der Waals surface area contributed by atoms with E-state index >= 15 is 0 Å². The van der Waals surface area contributed by atoms with E-state index in [-0.39, 0.29) is 19.4 Å². The average Bonchev–Trinajstić information content (AvgIpc) is 3.39. The normalized spacial score (nSPS) is 17.4. The van der Waals surface area contributed by atoms with Gasteiger partial charge in [-0.15, -0.1) is 0 Å². The second-order valence-corrected chi connectivity index (χ2v) is 9.67. The third kappa shape index (κ3) is 9.34. The zero-order valence-corrected chi connectivity index (χ0v) is 21.5. The first kappa shape index (κ1) is 30.1. The van der Waals surface area contributed by atoms with E-state index in [9.17, 15) is 29.1 Å². The van der Waals surface area contributed by atoms with E-state index in [4.69, 9.17) is 10.8 Å². The van der Waals surface area contributed by atoms with Crippen LogP contribution in [0.5, 0.6) is 0 Å². The number of thioether (sulfide) groups is 1. The Kier molecular flexibility index (Phi) is 12.3. The second-order valence-electron chi connectivity index (χ2n) is 8.69. The highest BCUT2D eigenvalue weighted by atomic mass is 32.2. The molecule has 1 aromatic rings. The van der Waals surface area contributed by atoms with Gasteiger partial charge in [0.2, 0.25) is 23.6 Å². The molecule has 2 rings (SSSR count). The van der Waals surface area contributed by atoms with E-state index in [2.05, 4.69) is 16.0 Å². The molecule has 4 amide bonds. The first-order chi connectivity index (χ1) is 17.7. The molecule has 1 fully saturated rings. The maximum atomic E-state index is 13.4. The number of carboxylic acids is 1. The molecule has 0 saturated carbocycles. The second kappa shape index (κ2) is 15.2. The largest absolute Gasteiger partial charge is 0.480 e. The number of benzene rings is 1. The molecule has 0 bridgehead atoms. The number of hydrogen-bond acceptors (Lipinski definition) is 8. The highest BCUT2D eigenvalue weighted by Gasteiger charge is 2.38. The van der Waals surface area contributed by atoms with E-state index in [1.807, 2.05) is 12.3 Å². The molecule has 1 aliphatic heterocycles. The van der Waals surface area contributed by atoms with Gasteiger partial charge < -0.3 is 36.8 Å². The fourth-order valence-corrected chi connectivity index (χ4v) is 4.41. The number of aliphatic carboxylic acids is 1. The van der Waals surface area contributed by atoms with Crippen molar-refractivity contribution in [2.75, 3.05) is 31.7 Å². The van der Waals surface area contributed by atoms with Gasteiger partial charge in [-0.05, 0) is 36.8 Å². The Morgan fingerprint density at radius 2 is 1.81 bits per heavy atom. The van der Waals surface area contributed by atoms with Gasteiger partial charge in [-0.25, -0.2) is 4.79 Å². The third-order valence-corrected chi connectivity index (χ3v) is 6.58. The Morgan fingerprint density at radius 1 is 1.11 bits per heavy atom. The molecule has 37 heavy (non-hydrogen) atoms. The summed E-state index contributed by atoms with van der Waals surface area (Å²) in [7, 11) is 0. The van der Waals surface area contributed by atoms with Gasteiger partial charge in [-0.2, -0.15) is 11.8 Å². The molecule has 7 N–H and O–H groups in total. The van der Waals surface area contributed by atoms with E-state index in [1.165, 1.54) is 16.7 Å². The topological polar surface area (TPSA) is 191 Å². The number of rotatable bonds is 14. The van der Waals surface area contributed by atoms with Gasteiger partial charge in [-0.3, -0.25) is 19.2 Å². The number of aliphatic hydroxyl groups excluding tert-OH is 1. The third-order valence-electron chi connectivity index (χ3n) is 5.94. The number of amides is 4. The van der Waals surface area contributed by atoms with Crippen molar-refractivity contribution in [1.29, 1.82) is 0 Å². The summed E-state index contributed by atoms with van der Waals surface area (Å²) >= 11 is 1.47. The van der Waals surface area contributed by atoms with Gasteiger partial charge in [-0.1, -0.05) is 30.3 Å². The molecule has 12 nitrogen and oxygen atoms in total. The summed E-state index contributed by atoms with van der Waals surface area (Å²) in [4.78, 5) is 63.7. The molecule has 4 atom stereocenters. The predicted octanol–water partition coefficient (Wildman–Crippen LogP) is -1.54. The quantitative estimate of drug-likeness (QED) is 0.163. The first-order valence-corrected chi connectivity index (χ1v) is 13.4. The highest BCUT2D eigenvalue weighted by Crippen LogP contribution is 2.20. The Labute approximate surface area is 219 Å². The minimum atomic E-state index is -1.17. The molecule has 1 aliphatic rings. The molecular weight excluding hydrogens is 502 g/mol. The van der Waals surface area contributed by atoms with Crippen molar-refractivity contribution in [1.82, 2.24) is 20.9 Å². The molecule has 0 spiro atoms. The van der Waals surface area contributed by atoms with Crippen LogP contribution in [0.3, 0.4) is 0 Å². The van der Waals surface area contributed by atoms with Gasteiger partial charge in [0.25, 0.3) is 0 Å². The van der Waals surface area contributed by atoms with Crippen LogP contribution < -0.4 is 21.7 Å². The van der Waals surface area contributed by atoms with Crippen LogP contribution in [0.1, 0.15) is 24.8 Å². The first-order valence-electron chi connectivity index (χ1n) is 12.0. The smallest absolute Gasteiger partial charge is 0.326 e. The monoisotopic (exact) mass is 537 g/mol. The van der Waals surface area contributed by atoms with Crippen LogP contribution in [-0.2, 0) is 30.4 Å². The number of aliphatic hydroxyl groups is 1. The van der Waals surface area contributed by atoms with E-state index < -0.39 is 66.9 Å². The van der Waals surface area contributed by atoms with Crippen LogP contribution in [0.4, 0.5) is 0 Å². The van der Waals surface area contributed by atoms with Crippen LogP contribution in [0.2, 0.25) is 0 Å². The molecule has 1 heterocycles. The molecule has 0 aromatic heterocycles. The number of carboxylic acid groups (broad SMARTS) is 1. The SMILES string of the molecule is CSCC[C@H](NC(=O)CNC(=O)[C@@H](N)CO)C(=O)N[C@@H](Cc1ccccc1)C(=O)N1CCC[C@H]1C(=O)O. The molecule has 1 aromatic carbocycles. The molecule has 0 unspecified atom stereocenters. The Bertz CT molecular complexity index is 949. The van der Waals surface area contributed by atoms with E-state index in [0.29, 0.717) is 18.6 Å². The molecule has 1 saturated heterocycles. The number of nitrogens with one attached hydrogen (secondary N) is 3. The van der Waals surface area contributed by atoms with Crippen LogP contribution in [0.25, 0.3) is 0 Å². The van der Waals surface area contributed by atoms with Crippen molar-refractivity contribution in [2.24, 2.45) is 5.73 Å². The van der Waals surface area contributed by atoms with Crippen molar-refractivity contribution in [3.8, 4) is 0 Å². The summed E-state index contributed by atoms with van der Waals surface area (Å²) in [5.41, 5.74) is 6.19. The minimum absolute atomic E-state index is 0.145. The van der Waals surface area contributed by atoms with Crippen LogP contribution in [-0.4, -0.2) is 101 Å². The Hall–Kier alpha value is -3.16. The summed E-state index contributed by atoms with van der Waals surface area (Å²) in [6.07, 6.45) is 3.13. The van der Waals surface area contributed by atoms with Gasteiger partial charge in [0.15, 0.2) is 0 Å². The van der Waals surface area contributed by atoms with Gasteiger partial charge in [0.1, 0.15) is 24.2 Å². The molecule has 0 radical (unpaired) electrons. The lowest BCUT2D eigenvalue weighted by molar-refractivity contribution is -0.149. The number of hydrogen-bond donors (Lipinski definition) is 6. The zero-order valence-electron chi connectivity index (χ0n) is 20.7. The average molecular weight is 538 g/mol. The van der Waals surface area contributed by atoms with E-state index in [0.717, 1.165) is 5.56 Å². The maximum Gasteiger partial charge on any atom is 0.326 e. The number of nitrogens with zero attached hydrogens (tertiary/aromatic N) is 1. The van der Waals surface area contributed by atoms with Gasteiger partial charge in [0, 0.05) is 13.0 Å². The van der Waals surface area contributed by atoms with Crippen molar-refractivity contribution in [3.05, 3.63) is 35.9 Å². The minimum Gasteiger partial charge on any atom is -0.480 e. The fraction of sp³-hybridized carbons (Fsp3) is 0.542. The lowest BCUT2D eigenvalue weighted by Crippen LogP contribution is -2.57. The standard InChI is InChI=1S/C24H35N5O7S/c1-37-11-9-17(27-20(31)13-26-21(32)16(25)14-30)22(33)28-18(12-15-6-3-2-4-7-15)23(34)29-10-5-8-19(29)24(35)36/h2-4,6-7,16-19,30H,5,8-14,25H2,1H3,(H,26,32)(H,27,31)(H,28,33)(H,35,36)/t16-,17-,18-,19-/m0/s1. The summed E-state index contributed by atoms with van der Waals surface area (Å²) in [5.74, 6) is -3.01. The molecule has 204 valence electrons. The number of carbonyl (C=O) groups is 5. The number of likely N-dealkylation sites (tertiary alicyclic amines) is 1. The highest BCUT2D eigenvalue weighted by molar-refractivity contribution is 7.98. The van der Waals surface area contributed by atoms with Gasteiger partial charge >= 0.3 is 5.97 Å². The van der Waals surface area contributed by atoms with Crippen molar-refractivity contribution in [3.63, 3.8) is 0 Å². The van der Waals surface area contributed by atoms with Crippen molar-refractivity contribution < 1.29 is 34.2 Å². The Morgan fingerprint density at radius 3 is 2.43 bits per heavy atom. The van der Waals surface area contributed by atoms with E-state index in [1.54, 1.807) is 24.3 Å². The molecule has 0 aliphatic carbocycles. The van der Waals surface area contributed by atoms with Crippen LogP contribution >= 0.6 is 11.8 Å². The summed E-state index contributed by atoms with van der Waals surface area (Å²) in [6, 6.07) is 4.86. The Balaban J connectivity index is 2.15. The summed E-state index contributed by atoms with van der Waals surface area (Å²) in [5, 5.41) is 26.0. The molecule has 13 heteroatoms.